The zero-order chi connectivity index (χ0) is 35.1. The average molecular weight is 683 g/mol. The summed E-state index contributed by atoms with van der Waals surface area (Å²) in [5.41, 5.74) is 3.46. The minimum atomic E-state index is -0.337. The molecule has 7 N–H and O–H groups in total. The minimum absolute atomic E-state index is 0. The Balaban J connectivity index is 0.000000237. The number of phenolic OH excluding ortho intramolecular Hbond substituents is 4. The maximum absolute atomic E-state index is 10.5. The summed E-state index contributed by atoms with van der Waals surface area (Å²) in [6, 6.07) is 31.3. The first-order valence-corrected chi connectivity index (χ1v) is 17.2. The van der Waals surface area contributed by atoms with E-state index in [4.69, 9.17) is 10.2 Å². The summed E-state index contributed by atoms with van der Waals surface area (Å²) >= 11 is 0. The molecule has 8 heteroatoms. The summed E-state index contributed by atoms with van der Waals surface area (Å²) in [6.45, 7) is 0. The zero-order valence-electron chi connectivity index (χ0n) is 28.5. The molecule has 0 bridgehead atoms. The molecule has 266 valence electrons. The number of allylic oxidation sites excluding steroid dienone is 2. The highest BCUT2D eigenvalue weighted by Crippen LogP contribution is 2.50. The van der Waals surface area contributed by atoms with Crippen LogP contribution in [0.5, 0.6) is 23.0 Å². The Morgan fingerprint density at radius 3 is 1.54 bits per heavy atom. The van der Waals surface area contributed by atoms with Crippen molar-refractivity contribution < 1.29 is 40.6 Å². The molecule has 3 aliphatic carbocycles. The highest BCUT2D eigenvalue weighted by Gasteiger charge is 2.40. The van der Waals surface area contributed by atoms with E-state index in [0.29, 0.717) is 24.5 Å². The van der Waals surface area contributed by atoms with Gasteiger partial charge in [0.25, 0.3) is 0 Å². The summed E-state index contributed by atoms with van der Waals surface area (Å²) in [6.07, 6.45) is 13.1. The maximum atomic E-state index is 10.5. The van der Waals surface area contributed by atoms with E-state index in [1.165, 1.54) is 16.7 Å². The molecular formula is C42H50O8. The number of phenols is 4. The van der Waals surface area contributed by atoms with Gasteiger partial charge in [-0.25, -0.2) is 0 Å². The van der Waals surface area contributed by atoms with Gasteiger partial charge >= 0.3 is 0 Å². The van der Waals surface area contributed by atoms with Crippen LogP contribution in [-0.4, -0.2) is 48.7 Å². The third kappa shape index (κ3) is 12.2. The van der Waals surface area contributed by atoms with Gasteiger partial charge in [0.2, 0.25) is 0 Å². The molecule has 8 nitrogen and oxygen atoms in total. The fourth-order valence-corrected chi connectivity index (χ4v) is 6.68. The second-order valence-electron chi connectivity index (χ2n) is 12.9. The Hall–Kier alpha value is -4.92. The molecule has 0 saturated heterocycles. The van der Waals surface area contributed by atoms with Crippen molar-refractivity contribution in [2.45, 2.75) is 88.1 Å². The lowest BCUT2D eigenvalue weighted by atomic mass is 9.61. The van der Waals surface area contributed by atoms with Gasteiger partial charge in [-0.1, -0.05) is 67.1 Å². The Kier molecular flexibility index (Phi) is 15.7. The Bertz CT molecular complexity index is 1570. The molecule has 0 radical (unpaired) electrons. The van der Waals surface area contributed by atoms with Crippen molar-refractivity contribution in [2.24, 2.45) is 0 Å². The second-order valence-corrected chi connectivity index (χ2v) is 12.9. The van der Waals surface area contributed by atoms with E-state index >= 15 is 0 Å². The van der Waals surface area contributed by atoms with Gasteiger partial charge in [-0.15, -0.1) is 0 Å². The van der Waals surface area contributed by atoms with Crippen molar-refractivity contribution in [3.63, 3.8) is 0 Å². The van der Waals surface area contributed by atoms with Crippen LogP contribution in [0.2, 0.25) is 0 Å². The molecule has 50 heavy (non-hydrogen) atoms. The lowest BCUT2D eigenvalue weighted by Gasteiger charge is -2.42. The van der Waals surface area contributed by atoms with Crippen LogP contribution in [-0.2, 0) is 15.0 Å². The fraction of sp³-hybridized carbons (Fsp3) is 0.333. The predicted molar refractivity (Wildman–Crippen MR) is 196 cm³/mol. The number of aromatic hydroxyl groups is 4. The number of rotatable bonds is 3. The van der Waals surface area contributed by atoms with Crippen molar-refractivity contribution in [3.05, 3.63) is 132 Å². The molecule has 4 aromatic rings. The first-order valence-electron chi connectivity index (χ1n) is 17.2. The Morgan fingerprint density at radius 2 is 1.14 bits per heavy atom. The molecule has 2 saturated carbocycles. The van der Waals surface area contributed by atoms with E-state index in [9.17, 15) is 24.9 Å². The fourth-order valence-electron chi connectivity index (χ4n) is 6.68. The van der Waals surface area contributed by atoms with E-state index < -0.39 is 0 Å². The van der Waals surface area contributed by atoms with E-state index in [0.717, 1.165) is 57.8 Å². The molecule has 3 aliphatic rings. The van der Waals surface area contributed by atoms with E-state index in [1.807, 2.05) is 48.5 Å². The van der Waals surface area contributed by atoms with Crippen molar-refractivity contribution in [3.8, 4) is 23.0 Å². The van der Waals surface area contributed by atoms with Crippen LogP contribution in [0, 0.1) is 0 Å². The summed E-state index contributed by atoms with van der Waals surface area (Å²) in [4.78, 5) is 20.9. The number of benzene rings is 4. The number of carbonyl (C=O) groups excluding carboxylic acids is 2. The molecule has 0 heterocycles. The van der Waals surface area contributed by atoms with Gasteiger partial charge in [0, 0.05) is 24.7 Å². The normalized spacial score (nSPS) is 19.1. The molecule has 4 aromatic carbocycles. The smallest absolute Gasteiger partial charge is 0.155 e. The van der Waals surface area contributed by atoms with Gasteiger partial charge in [-0.05, 0) is 122 Å². The molecule has 0 aliphatic heterocycles. The first kappa shape index (κ1) is 39.5. The molecule has 2 fully saturated rings. The van der Waals surface area contributed by atoms with E-state index in [-0.39, 0.29) is 45.8 Å². The Morgan fingerprint density at radius 1 is 0.600 bits per heavy atom. The van der Waals surface area contributed by atoms with Gasteiger partial charge in [0.1, 0.15) is 28.8 Å². The van der Waals surface area contributed by atoms with Crippen LogP contribution < -0.4 is 0 Å². The van der Waals surface area contributed by atoms with Crippen LogP contribution in [0.4, 0.5) is 0 Å². The number of hydrogen-bond donors (Lipinski definition) is 5. The quantitative estimate of drug-likeness (QED) is 0.147. The molecule has 2 atom stereocenters. The SMILES string of the molecule is O.O=C1C=CCCC1.O=C1CCCC(O)C1.Oc1ccc(C2CCCC(c3ccc(O)cc3)(c3ccc(O)cc3)C2)cc1.Oc1ccccc1. The van der Waals surface area contributed by atoms with Crippen LogP contribution >= 0.6 is 0 Å². The lowest BCUT2D eigenvalue weighted by Crippen LogP contribution is -2.33. The van der Waals surface area contributed by atoms with Crippen LogP contribution in [0.3, 0.4) is 0 Å². The monoisotopic (exact) mass is 682 g/mol. The molecule has 7 rings (SSSR count). The second kappa shape index (κ2) is 19.9. The van der Waals surface area contributed by atoms with E-state index in [1.54, 1.807) is 66.7 Å². The molecule has 0 amide bonds. The number of aliphatic hydroxyl groups is 1. The average Bonchev–Trinajstić information content (AvgIpc) is 3.11. The van der Waals surface area contributed by atoms with Gasteiger partial charge < -0.3 is 31.0 Å². The van der Waals surface area contributed by atoms with Gasteiger partial charge in [0.05, 0.1) is 6.10 Å². The third-order valence-corrected chi connectivity index (χ3v) is 9.27. The summed E-state index contributed by atoms with van der Waals surface area (Å²) in [5, 5.41) is 46.6. The topological polar surface area (TPSA) is 167 Å². The molecule has 2 unspecified atom stereocenters. The summed E-state index contributed by atoms with van der Waals surface area (Å²) in [5.74, 6) is 2.04. The number of ketones is 2. The number of Topliss-reactive ketones (excluding diaryl/α,β-unsaturated/α-hetero) is 1. The van der Waals surface area contributed by atoms with Crippen molar-refractivity contribution in [2.75, 3.05) is 0 Å². The minimum Gasteiger partial charge on any atom is -0.508 e. The third-order valence-electron chi connectivity index (χ3n) is 9.27. The van der Waals surface area contributed by atoms with Crippen LogP contribution in [0.15, 0.2) is 115 Å². The number of aliphatic hydroxyl groups excluding tert-OH is 1. The van der Waals surface area contributed by atoms with Crippen LogP contribution in [0.1, 0.15) is 93.2 Å². The van der Waals surface area contributed by atoms with Crippen molar-refractivity contribution in [1.29, 1.82) is 0 Å². The number of hydrogen-bond acceptors (Lipinski definition) is 7. The zero-order valence-corrected chi connectivity index (χ0v) is 28.5. The lowest BCUT2D eigenvalue weighted by molar-refractivity contribution is -0.123. The van der Waals surface area contributed by atoms with Gasteiger partial charge in [-0.2, -0.15) is 0 Å². The summed E-state index contributed by atoms with van der Waals surface area (Å²) in [7, 11) is 0. The number of para-hydroxylation sites is 1. The first-order chi connectivity index (χ1) is 23.6. The largest absolute Gasteiger partial charge is 0.508 e. The van der Waals surface area contributed by atoms with Crippen molar-refractivity contribution in [1.82, 2.24) is 0 Å². The van der Waals surface area contributed by atoms with Gasteiger partial charge in [0.15, 0.2) is 5.78 Å². The standard InChI is InChI=1S/C24H24O3.C6H10O2.C6H8O.C6H6O.H2O/c25-21-9-3-17(4-10-21)18-2-1-15-24(16-18,19-5-11-22(26)12-6-19)20-7-13-23(27)14-8-20;7-5-2-1-3-6(8)4-5;2*7-6-4-2-1-3-5-6;/h3-14,18,25-27H,1-2,15-16H2;5,7H,1-4H2;2,4H,1,3,5H2;1-5,7H;1H2. The predicted octanol–water partition coefficient (Wildman–Crippen LogP) is 7.80. The van der Waals surface area contributed by atoms with Gasteiger partial charge in [-0.3, -0.25) is 9.59 Å². The highest BCUT2D eigenvalue weighted by atomic mass is 16.3. The summed E-state index contributed by atoms with van der Waals surface area (Å²) < 4.78 is 0. The molecular weight excluding hydrogens is 632 g/mol. The maximum Gasteiger partial charge on any atom is 0.155 e. The Labute approximate surface area is 294 Å². The molecule has 0 spiro atoms. The number of carbonyl (C=O) groups is 2. The van der Waals surface area contributed by atoms with Crippen molar-refractivity contribution >= 4 is 11.6 Å². The van der Waals surface area contributed by atoms with Crippen LogP contribution in [0.25, 0.3) is 0 Å². The van der Waals surface area contributed by atoms with E-state index in [2.05, 4.69) is 0 Å². The highest BCUT2D eigenvalue weighted by molar-refractivity contribution is 5.90. The molecule has 0 aromatic heterocycles.